The largest absolute Gasteiger partial charge is 0.384 e. The van der Waals surface area contributed by atoms with Crippen LogP contribution >= 0.6 is 11.3 Å². The van der Waals surface area contributed by atoms with Gasteiger partial charge >= 0.3 is 0 Å². The van der Waals surface area contributed by atoms with Crippen LogP contribution in [0.1, 0.15) is 24.3 Å². The second-order valence-corrected chi connectivity index (χ2v) is 4.73. The molecule has 0 aliphatic rings. The van der Waals surface area contributed by atoms with Crippen molar-refractivity contribution >= 4 is 11.3 Å². The Balaban J connectivity index is 2.73. The lowest BCUT2D eigenvalue weighted by atomic mass is 10.2. The summed E-state index contributed by atoms with van der Waals surface area (Å²) in [7, 11) is 2.10. The van der Waals surface area contributed by atoms with Crippen LogP contribution in [0.5, 0.6) is 0 Å². The molecule has 1 aromatic heterocycles. The molecule has 1 aromatic rings. The summed E-state index contributed by atoms with van der Waals surface area (Å²) in [4.78, 5) is 3.54. The van der Waals surface area contributed by atoms with Gasteiger partial charge in [0.15, 0.2) is 0 Å². The van der Waals surface area contributed by atoms with E-state index in [2.05, 4.69) is 37.6 Å². The molecule has 82 valence electrons. The number of rotatable bonds is 3. The number of hydrogen-bond acceptors (Lipinski definition) is 3. The highest BCUT2D eigenvalue weighted by Crippen LogP contribution is 2.18. The Morgan fingerprint density at radius 1 is 1.53 bits per heavy atom. The third-order valence-corrected chi connectivity index (χ3v) is 3.23. The van der Waals surface area contributed by atoms with Crippen molar-refractivity contribution in [2.24, 2.45) is 0 Å². The SMILES string of the molecule is CC(C)N(C)Cc1sccc1C#CCO. The number of hydrogen-bond donors (Lipinski definition) is 1. The van der Waals surface area contributed by atoms with Gasteiger partial charge in [-0.1, -0.05) is 11.8 Å². The van der Waals surface area contributed by atoms with Gasteiger partial charge in [-0.2, -0.15) is 0 Å². The van der Waals surface area contributed by atoms with Crippen LogP contribution in [-0.2, 0) is 6.54 Å². The molecule has 0 unspecified atom stereocenters. The van der Waals surface area contributed by atoms with Gasteiger partial charge in [0, 0.05) is 23.0 Å². The number of aliphatic hydroxyl groups excluding tert-OH is 1. The lowest BCUT2D eigenvalue weighted by Gasteiger charge is -2.20. The Morgan fingerprint density at radius 3 is 2.87 bits per heavy atom. The Kier molecular flexibility index (Phi) is 4.83. The van der Waals surface area contributed by atoms with Crippen molar-refractivity contribution in [3.8, 4) is 11.8 Å². The molecule has 0 saturated carbocycles. The zero-order valence-electron chi connectivity index (χ0n) is 9.45. The Hall–Kier alpha value is -0.820. The van der Waals surface area contributed by atoms with Crippen molar-refractivity contribution in [1.29, 1.82) is 0 Å². The van der Waals surface area contributed by atoms with Gasteiger partial charge in [-0.25, -0.2) is 0 Å². The lowest BCUT2D eigenvalue weighted by Crippen LogP contribution is -2.25. The fourth-order valence-electron chi connectivity index (χ4n) is 1.12. The van der Waals surface area contributed by atoms with Gasteiger partial charge in [0.2, 0.25) is 0 Å². The van der Waals surface area contributed by atoms with Gasteiger partial charge in [-0.15, -0.1) is 11.3 Å². The van der Waals surface area contributed by atoms with Crippen molar-refractivity contribution in [2.45, 2.75) is 26.4 Å². The third kappa shape index (κ3) is 3.67. The number of nitrogens with zero attached hydrogens (tertiary/aromatic N) is 1. The minimum absolute atomic E-state index is 0.0741. The minimum Gasteiger partial charge on any atom is -0.384 e. The maximum atomic E-state index is 8.65. The first-order chi connectivity index (χ1) is 7.15. The molecule has 0 aliphatic carbocycles. The average Bonchev–Trinajstić information content (AvgIpc) is 2.62. The van der Waals surface area contributed by atoms with Gasteiger partial charge in [0.25, 0.3) is 0 Å². The predicted molar refractivity (Wildman–Crippen MR) is 64.9 cm³/mol. The van der Waals surface area contributed by atoms with E-state index in [0.717, 1.165) is 12.1 Å². The number of aliphatic hydroxyl groups is 1. The second-order valence-electron chi connectivity index (χ2n) is 3.73. The highest BCUT2D eigenvalue weighted by molar-refractivity contribution is 7.10. The summed E-state index contributed by atoms with van der Waals surface area (Å²) in [6.45, 7) is 5.19. The summed E-state index contributed by atoms with van der Waals surface area (Å²) in [5, 5.41) is 10.7. The molecule has 0 spiro atoms. The first-order valence-electron chi connectivity index (χ1n) is 5.01. The van der Waals surface area contributed by atoms with Crippen LogP contribution in [0.25, 0.3) is 0 Å². The quantitative estimate of drug-likeness (QED) is 0.792. The first kappa shape index (κ1) is 12.3. The van der Waals surface area contributed by atoms with Crippen molar-refractivity contribution in [3.63, 3.8) is 0 Å². The molecule has 1 heterocycles. The maximum Gasteiger partial charge on any atom is 0.104 e. The lowest BCUT2D eigenvalue weighted by molar-refractivity contribution is 0.268. The van der Waals surface area contributed by atoms with Gasteiger partial charge in [-0.05, 0) is 32.3 Å². The minimum atomic E-state index is -0.0741. The summed E-state index contributed by atoms with van der Waals surface area (Å²) < 4.78 is 0. The first-order valence-corrected chi connectivity index (χ1v) is 5.89. The zero-order valence-corrected chi connectivity index (χ0v) is 10.3. The van der Waals surface area contributed by atoms with E-state index < -0.39 is 0 Å². The van der Waals surface area contributed by atoms with E-state index in [1.807, 2.05) is 11.4 Å². The molecule has 1 rings (SSSR count). The normalized spacial score (nSPS) is 10.5. The van der Waals surface area contributed by atoms with E-state index in [-0.39, 0.29) is 6.61 Å². The standard InChI is InChI=1S/C12H17NOS/c1-10(2)13(3)9-12-11(5-4-7-14)6-8-15-12/h6,8,10,14H,7,9H2,1-3H3. The smallest absolute Gasteiger partial charge is 0.104 e. The van der Waals surface area contributed by atoms with Crippen LogP contribution in [0.4, 0.5) is 0 Å². The van der Waals surface area contributed by atoms with Crippen molar-refractivity contribution in [2.75, 3.05) is 13.7 Å². The summed E-state index contributed by atoms with van der Waals surface area (Å²) in [6.07, 6.45) is 0. The average molecular weight is 223 g/mol. The van der Waals surface area contributed by atoms with Gasteiger partial charge in [0.05, 0.1) is 0 Å². The topological polar surface area (TPSA) is 23.5 Å². The summed E-state index contributed by atoms with van der Waals surface area (Å²) in [6, 6.07) is 2.54. The number of thiophene rings is 1. The van der Waals surface area contributed by atoms with E-state index in [4.69, 9.17) is 5.11 Å². The molecule has 0 saturated heterocycles. The van der Waals surface area contributed by atoms with Crippen molar-refractivity contribution in [3.05, 3.63) is 21.9 Å². The van der Waals surface area contributed by atoms with E-state index in [0.29, 0.717) is 6.04 Å². The van der Waals surface area contributed by atoms with Crippen LogP contribution in [-0.4, -0.2) is 29.7 Å². The molecule has 0 amide bonds. The molecule has 3 heteroatoms. The summed E-state index contributed by atoms with van der Waals surface area (Å²) >= 11 is 1.72. The van der Waals surface area contributed by atoms with Gasteiger partial charge in [-0.3, -0.25) is 4.90 Å². The highest BCUT2D eigenvalue weighted by atomic mass is 32.1. The third-order valence-electron chi connectivity index (χ3n) is 2.32. The van der Waals surface area contributed by atoms with Crippen molar-refractivity contribution in [1.82, 2.24) is 4.90 Å². The molecule has 0 fully saturated rings. The monoisotopic (exact) mass is 223 g/mol. The van der Waals surface area contributed by atoms with Gasteiger partial charge < -0.3 is 5.11 Å². The fourth-order valence-corrected chi connectivity index (χ4v) is 2.01. The molecule has 15 heavy (non-hydrogen) atoms. The molecule has 2 nitrogen and oxygen atoms in total. The molecular formula is C12H17NOS. The van der Waals surface area contributed by atoms with Crippen LogP contribution in [0, 0.1) is 11.8 Å². The van der Waals surface area contributed by atoms with E-state index in [9.17, 15) is 0 Å². The molecule has 0 radical (unpaired) electrons. The second kappa shape index (κ2) is 5.92. The summed E-state index contributed by atoms with van der Waals surface area (Å²) in [5.74, 6) is 5.66. The summed E-state index contributed by atoms with van der Waals surface area (Å²) in [5.41, 5.74) is 1.04. The van der Waals surface area contributed by atoms with E-state index in [1.165, 1.54) is 4.88 Å². The van der Waals surface area contributed by atoms with Crippen LogP contribution in [0.2, 0.25) is 0 Å². The molecule has 1 N–H and O–H groups in total. The Morgan fingerprint density at radius 2 is 2.27 bits per heavy atom. The van der Waals surface area contributed by atoms with E-state index >= 15 is 0 Å². The molecule has 0 atom stereocenters. The molecule has 0 aliphatic heterocycles. The molecular weight excluding hydrogens is 206 g/mol. The van der Waals surface area contributed by atoms with Gasteiger partial charge in [0.1, 0.15) is 6.61 Å². The fraction of sp³-hybridized carbons (Fsp3) is 0.500. The van der Waals surface area contributed by atoms with Crippen LogP contribution in [0.3, 0.4) is 0 Å². The zero-order chi connectivity index (χ0) is 11.3. The van der Waals surface area contributed by atoms with Crippen molar-refractivity contribution < 1.29 is 5.11 Å². The Labute approximate surface area is 95.5 Å². The van der Waals surface area contributed by atoms with Crippen LogP contribution < -0.4 is 0 Å². The predicted octanol–water partition coefficient (Wildman–Crippen LogP) is 1.93. The molecule has 0 bridgehead atoms. The Bertz CT molecular complexity index is 359. The van der Waals surface area contributed by atoms with E-state index in [1.54, 1.807) is 11.3 Å². The highest BCUT2D eigenvalue weighted by Gasteiger charge is 2.08. The maximum absolute atomic E-state index is 8.65. The molecule has 0 aromatic carbocycles. The van der Waals surface area contributed by atoms with Crippen LogP contribution in [0.15, 0.2) is 11.4 Å².